The van der Waals surface area contributed by atoms with Crippen LogP contribution in [-0.2, 0) is 57.8 Å². The zero-order valence-electron chi connectivity index (χ0n) is 33.9. The molecule has 5 aromatic rings. The van der Waals surface area contributed by atoms with Crippen molar-refractivity contribution in [1.29, 1.82) is 0 Å². The minimum absolute atomic E-state index is 0.0181. The number of aliphatic hydroxyl groups excluding tert-OH is 1. The molecule has 0 unspecified atom stereocenters. The fourth-order valence-corrected chi connectivity index (χ4v) is 8.36. The highest BCUT2D eigenvalue weighted by atomic mass is 16.7. The van der Waals surface area contributed by atoms with Crippen molar-refractivity contribution < 1.29 is 47.9 Å². The number of benzene rings is 5. The van der Waals surface area contributed by atoms with E-state index in [2.05, 4.69) is 18.7 Å². The van der Waals surface area contributed by atoms with Crippen LogP contribution in [0.15, 0.2) is 152 Å². The molecule has 0 radical (unpaired) electrons. The van der Waals surface area contributed by atoms with E-state index in [0.717, 1.165) is 38.9 Å². The molecule has 11 nitrogen and oxygen atoms in total. The summed E-state index contributed by atoms with van der Waals surface area (Å²) in [7, 11) is 0. The third kappa shape index (κ3) is 10.1. The Morgan fingerprint density at radius 1 is 0.689 bits per heavy atom. The van der Waals surface area contributed by atoms with Gasteiger partial charge in [-0.25, -0.2) is 9.59 Å². The Labute approximate surface area is 356 Å². The minimum atomic E-state index is -1.33. The lowest BCUT2D eigenvalue weighted by Crippen LogP contribution is -2.61. The molecular weight excluding hydrogens is 775 g/mol. The lowest BCUT2D eigenvalue weighted by molar-refractivity contribution is -0.326. The van der Waals surface area contributed by atoms with E-state index in [1.54, 1.807) is 0 Å². The Morgan fingerprint density at radius 3 is 1.82 bits per heavy atom. The van der Waals surface area contributed by atoms with Gasteiger partial charge in [-0.2, -0.15) is 0 Å². The number of esters is 1. The number of hydrogen-bond donors (Lipinski definition) is 1. The monoisotopic (exact) mass is 825 g/mol. The van der Waals surface area contributed by atoms with Crippen LogP contribution in [0.5, 0.6) is 0 Å². The summed E-state index contributed by atoms with van der Waals surface area (Å²) in [6.45, 7) is 4.53. The Bertz CT molecular complexity index is 2160. The molecule has 7 atom stereocenters. The van der Waals surface area contributed by atoms with Gasteiger partial charge in [-0.05, 0) is 38.9 Å². The first-order valence-corrected chi connectivity index (χ1v) is 20.8. The number of nitrogens with zero attached hydrogens (tertiary/aromatic N) is 1. The van der Waals surface area contributed by atoms with Gasteiger partial charge < -0.3 is 38.3 Å². The summed E-state index contributed by atoms with van der Waals surface area (Å²) >= 11 is 0. The highest BCUT2D eigenvalue weighted by Crippen LogP contribution is 2.44. The number of likely N-dealkylation sites (tertiary alicyclic amines) is 1. The molecule has 5 aromatic carbocycles. The molecule has 1 aliphatic carbocycles. The van der Waals surface area contributed by atoms with Crippen LogP contribution < -0.4 is 0 Å². The maximum Gasteiger partial charge on any atom is 0.410 e. The van der Waals surface area contributed by atoms with Gasteiger partial charge in [-0.3, -0.25) is 4.90 Å². The maximum absolute atomic E-state index is 14.0. The van der Waals surface area contributed by atoms with E-state index in [4.69, 9.17) is 33.2 Å². The quantitative estimate of drug-likeness (QED) is 0.0742. The molecule has 0 aromatic heterocycles. The van der Waals surface area contributed by atoms with Crippen LogP contribution in [0.2, 0.25) is 0 Å². The van der Waals surface area contributed by atoms with Crippen molar-refractivity contribution in [2.45, 2.75) is 75.0 Å². The summed E-state index contributed by atoms with van der Waals surface area (Å²) in [5.41, 5.74) is 7.19. The van der Waals surface area contributed by atoms with Crippen molar-refractivity contribution in [1.82, 2.24) is 4.90 Å². The number of amides is 1. The van der Waals surface area contributed by atoms with E-state index in [-0.39, 0.29) is 51.9 Å². The highest BCUT2D eigenvalue weighted by Gasteiger charge is 2.50. The Kier molecular flexibility index (Phi) is 14.0. The van der Waals surface area contributed by atoms with Crippen molar-refractivity contribution in [3.63, 3.8) is 0 Å². The third-order valence-electron chi connectivity index (χ3n) is 11.4. The highest BCUT2D eigenvalue weighted by molar-refractivity contribution is 5.83. The number of aliphatic hydroxyl groups is 1. The van der Waals surface area contributed by atoms with Gasteiger partial charge in [0.1, 0.15) is 43.7 Å². The van der Waals surface area contributed by atoms with Crippen LogP contribution in [0.25, 0.3) is 11.1 Å². The van der Waals surface area contributed by atoms with Crippen LogP contribution >= 0.6 is 0 Å². The third-order valence-corrected chi connectivity index (χ3v) is 11.4. The molecule has 2 fully saturated rings. The summed E-state index contributed by atoms with van der Waals surface area (Å²) in [5, 5.41) is 12.1. The van der Waals surface area contributed by atoms with Gasteiger partial charge >= 0.3 is 12.1 Å². The lowest BCUT2D eigenvalue weighted by Gasteiger charge is -2.44. The van der Waals surface area contributed by atoms with Crippen molar-refractivity contribution in [2.24, 2.45) is 0 Å². The van der Waals surface area contributed by atoms with Crippen molar-refractivity contribution in [3.05, 3.63) is 180 Å². The zero-order chi connectivity index (χ0) is 42.0. The van der Waals surface area contributed by atoms with E-state index < -0.39 is 54.9 Å². The van der Waals surface area contributed by atoms with Crippen LogP contribution in [0.1, 0.15) is 40.2 Å². The molecule has 8 rings (SSSR count). The molecule has 0 spiro atoms. The summed E-state index contributed by atoms with van der Waals surface area (Å²) in [4.78, 5) is 28.8. The standard InChI is InChI=1S/C50H51NO10/c1-2-26-56-48(53)43-27-37(28-51(43)50(54)59-32-42-40-24-14-12-22-38(40)39-23-13-15-25-41(39)42)60-49-45(52)47(58-31-36-20-10-5-11-21-36)46(57-30-35-18-8-4-9-19-35)44(61-49)33-55-29-34-16-6-3-7-17-34/h2-25,37,42-47,49,52H,1,26-33H2/t37-,43+,44-,45+,46-,47-,49-/m1/s1. The van der Waals surface area contributed by atoms with E-state index >= 15 is 0 Å². The van der Waals surface area contributed by atoms with Crippen LogP contribution in [-0.4, -0.2) is 91.3 Å². The topological polar surface area (TPSA) is 122 Å². The molecular formula is C50H51NO10. The van der Waals surface area contributed by atoms with E-state index in [1.807, 2.05) is 127 Å². The van der Waals surface area contributed by atoms with E-state index in [9.17, 15) is 14.7 Å². The minimum Gasteiger partial charge on any atom is -0.460 e. The lowest BCUT2D eigenvalue weighted by atomic mass is 9.98. The molecule has 0 bridgehead atoms. The fraction of sp³-hybridized carbons (Fsp3) is 0.320. The SMILES string of the molecule is C=CCOC(=O)[C@@H]1C[C@@H](O[C@@H]2O[C@H](COCc3ccccc3)[C@@H](OCc3ccccc3)[C@H](OCc3ccccc3)[C@@H]2O)CN1C(=O)OCC1c2ccccc2-c2ccccc21. The first kappa shape index (κ1) is 42.0. The second-order valence-electron chi connectivity index (χ2n) is 15.4. The molecule has 1 amide bonds. The van der Waals surface area contributed by atoms with Crippen LogP contribution in [0.4, 0.5) is 4.79 Å². The summed E-state index contributed by atoms with van der Waals surface area (Å²) in [5.74, 6) is -0.788. The maximum atomic E-state index is 14.0. The molecule has 2 heterocycles. The predicted molar refractivity (Wildman–Crippen MR) is 227 cm³/mol. The largest absolute Gasteiger partial charge is 0.460 e. The van der Waals surface area contributed by atoms with Gasteiger partial charge in [0.25, 0.3) is 0 Å². The van der Waals surface area contributed by atoms with Gasteiger partial charge in [-0.1, -0.05) is 152 Å². The fourth-order valence-electron chi connectivity index (χ4n) is 8.36. The van der Waals surface area contributed by atoms with Crippen LogP contribution in [0, 0.1) is 0 Å². The summed E-state index contributed by atoms with van der Waals surface area (Å²) < 4.78 is 43.8. The molecule has 2 saturated heterocycles. The summed E-state index contributed by atoms with van der Waals surface area (Å²) in [6, 6.07) is 44.4. The van der Waals surface area contributed by atoms with Crippen molar-refractivity contribution in [2.75, 3.05) is 26.4 Å². The van der Waals surface area contributed by atoms with Gasteiger partial charge in [0.05, 0.1) is 39.1 Å². The number of fused-ring (bicyclic) bond motifs is 3. The molecule has 316 valence electrons. The molecule has 3 aliphatic rings. The first-order chi connectivity index (χ1) is 30.0. The van der Waals surface area contributed by atoms with Gasteiger partial charge in [0.2, 0.25) is 0 Å². The van der Waals surface area contributed by atoms with Crippen LogP contribution in [0.3, 0.4) is 0 Å². The number of carbonyl (C=O) groups is 2. The van der Waals surface area contributed by atoms with Gasteiger partial charge in [-0.15, -0.1) is 0 Å². The van der Waals surface area contributed by atoms with Gasteiger partial charge in [0, 0.05) is 12.3 Å². The zero-order valence-corrected chi connectivity index (χ0v) is 33.9. The normalized spacial score (nSPS) is 23.2. The van der Waals surface area contributed by atoms with E-state index in [1.165, 1.54) is 11.0 Å². The Balaban J connectivity index is 1.01. The van der Waals surface area contributed by atoms with Crippen molar-refractivity contribution in [3.8, 4) is 11.1 Å². The molecule has 2 aliphatic heterocycles. The van der Waals surface area contributed by atoms with E-state index in [0.29, 0.717) is 6.61 Å². The molecule has 0 saturated carbocycles. The molecule has 11 heteroatoms. The Morgan fingerprint density at radius 2 is 1.23 bits per heavy atom. The Hall–Kier alpha value is -5.66. The predicted octanol–water partition coefficient (Wildman–Crippen LogP) is 7.60. The smallest absolute Gasteiger partial charge is 0.410 e. The average molecular weight is 826 g/mol. The molecule has 1 N–H and O–H groups in total. The number of ether oxygens (including phenoxy) is 7. The molecule has 61 heavy (non-hydrogen) atoms. The van der Waals surface area contributed by atoms with Crippen molar-refractivity contribution >= 4 is 12.1 Å². The average Bonchev–Trinajstić information content (AvgIpc) is 3.88. The number of carbonyl (C=O) groups excluding carboxylic acids is 2. The first-order valence-electron chi connectivity index (χ1n) is 20.8. The second kappa shape index (κ2) is 20.3. The summed E-state index contributed by atoms with van der Waals surface area (Å²) in [6.07, 6.45) is -4.87. The van der Waals surface area contributed by atoms with Gasteiger partial charge in [0.15, 0.2) is 6.29 Å². The number of hydrogen-bond acceptors (Lipinski definition) is 10. The second-order valence-corrected chi connectivity index (χ2v) is 15.4. The number of rotatable bonds is 17.